The number of ether oxygens (including phenoxy) is 6. The van der Waals surface area contributed by atoms with Crippen molar-refractivity contribution in [3.05, 3.63) is 119 Å². The third kappa shape index (κ3) is 47.5. The number of hydrogen-bond donors (Lipinski definition) is 2. The van der Waals surface area contributed by atoms with Crippen molar-refractivity contribution in [2.24, 2.45) is 0 Å². The van der Waals surface area contributed by atoms with Gasteiger partial charge in [-0.25, -0.2) is 19.2 Å². The molecule has 0 fully saturated rings. The first-order valence-corrected chi connectivity index (χ1v) is 32.3. The van der Waals surface area contributed by atoms with Gasteiger partial charge in [0.2, 0.25) is 0 Å². The summed E-state index contributed by atoms with van der Waals surface area (Å²) < 4.78 is 30.9. The molecule has 0 aliphatic heterocycles. The Hall–Kier alpha value is -6.70. The van der Waals surface area contributed by atoms with Gasteiger partial charge in [-0.1, -0.05) is 178 Å². The zero-order valence-electron chi connectivity index (χ0n) is 53.5. The number of aliphatic carboxylic acids is 2. The van der Waals surface area contributed by atoms with Crippen molar-refractivity contribution in [2.75, 3.05) is 39.6 Å². The van der Waals surface area contributed by atoms with Gasteiger partial charge in [-0.3, -0.25) is 0 Å². The summed E-state index contributed by atoms with van der Waals surface area (Å²) in [4.78, 5) is 65.1. The first kappa shape index (κ1) is 77.3. The number of Topliss-reactive ketones (excluding diaryl/α,β-unsaturated/α-hetero) is 2. The normalized spacial score (nSPS) is 10.4. The van der Waals surface area contributed by atoms with Crippen LogP contribution < -0.4 is 18.9 Å². The van der Waals surface area contributed by atoms with Crippen LogP contribution in [0.5, 0.6) is 23.0 Å². The number of esters is 2. The van der Waals surface area contributed by atoms with E-state index in [2.05, 4.69) is 32.0 Å². The van der Waals surface area contributed by atoms with Gasteiger partial charge in [0.05, 0.1) is 13.2 Å². The van der Waals surface area contributed by atoms with Crippen LogP contribution in [0.2, 0.25) is 0 Å². The zero-order chi connectivity index (χ0) is 63.1. The number of benzene rings is 4. The van der Waals surface area contributed by atoms with E-state index in [4.69, 9.17) is 38.6 Å². The molecule has 14 nitrogen and oxygen atoms in total. The van der Waals surface area contributed by atoms with Crippen LogP contribution in [0.3, 0.4) is 0 Å². The molecule has 0 radical (unpaired) electrons. The van der Waals surface area contributed by atoms with Gasteiger partial charge in [0, 0.05) is 12.8 Å². The topological polar surface area (TPSA) is 198 Å². The quantitative estimate of drug-likeness (QED) is 0.0313. The highest BCUT2D eigenvalue weighted by molar-refractivity contribution is 5.75. The Bertz CT molecular complexity index is 2400. The number of rotatable bonds is 46. The molecule has 2 N–H and O–H groups in total. The van der Waals surface area contributed by atoms with E-state index >= 15 is 0 Å². The number of hydrogen-bond acceptors (Lipinski definition) is 12. The minimum Gasteiger partial charge on any atom is -0.482 e. The fourth-order valence-electron chi connectivity index (χ4n) is 9.18. The summed E-state index contributed by atoms with van der Waals surface area (Å²) in [6.45, 7) is 11.4. The maximum Gasteiger partial charge on any atom is 0.344 e. The Balaban J connectivity index is 0.000000574. The van der Waals surface area contributed by atoms with Crippen molar-refractivity contribution in [3.8, 4) is 23.0 Å². The van der Waals surface area contributed by atoms with Crippen LogP contribution in [0.4, 0.5) is 0 Å². The van der Waals surface area contributed by atoms with Crippen LogP contribution in [-0.4, -0.2) is 85.3 Å². The average molecular weight is 1200 g/mol. The predicted molar refractivity (Wildman–Crippen MR) is 344 cm³/mol. The van der Waals surface area contributed by atoms with Gasteiger partial charge < -0.3 is 48.2 Å². The molecule has 0 amide bonds. The molecule has 0 aliphatic carbocycles. The minimum absolute atomic E-state index is 0.0191. The molecule has 4 rings (SSSR count). The highest BCUT2D eigenvalue weighted by atomic mass is 16.6. The van der Waals surface area contributed by atoms with Crippen molar-refractivity contribution in [1.29, 1.82) is 0 Å². The molecule has 480 valence electrons. The molecule has 0 unspecified atom stereocenters. The van der Waals surface area contributed by atoms with Gasteiger partial charge in [-0.05, 0) is 163 Å². The largest absolute Gasteiger partial charge is 0.482 e. The molecular weight excluding hydrogens is 1090 g/mol. The Morgan fingerprint density at radius 2 is 0.570 bits per heavy atom. The molecule has 0 aromatic heterocycles. The number of unbranched alkanes of at least 4 members (excludes halogenated alkanes) is 20. The minimum atomic E-state index is -0.967. The molecule has 14 heteroatoms. The lowest BCUT2D eigenvalue weighted by Gasteiger charge is -2.08. The molecule has 4 aromatic rings. The first-order chi connectivity index (χ1) is 41.7. The van der Waals surface area contributed by atoms with E-state index in [-0.39, 0.29) is 49.9 Å². The summed E-state index contributed by atoms with van der Waals surface area (Å²) in [5.74, 6) is 0.685. The van der Waals surface area contributed by atoms with Gasteiger partial charge in [-0.15, -0.1) is 0 Å². The van der Waals surface area contributed by atoms with Crippen molar-refractivity contribution in [3.63, 3.8) is 0 Å². The number of ketones is 2. The van der Waals surface area contributed by atoms with Crippen LogP contribution >= 0.6 is 0 Å². The second kappa shape index (κ2) is 53.7. The highest BCUT2D eigenvalue weighted by Gasteiger charge is 2.07. The van der Waals surface area contributed by atoms with Crippen LogP contribution in [0, 0.1) is 0 Å². The second-order valence-corrected chi connectivity index (χ2v) is 21.8. The fourth-order valence-corrected chi connectivity index (χ4v) is 9.18. The number of carboxylic acids is 2. The molecule has 4 aromatic carbocycles. The molecular formula is C72H108O14. The van der Waals surface area contributed by atoms with Crippen molar-refractivity contribution in [2.45, 2.75) is 234 Å². The van der Waals surface area contributed by atoms with E-state index in [1.54, 1.807) is 39.8 Å². The summed E-state index contributed by atoms with van der Waals surface area (Å²) >= 11 is 0. The number of carbonyl (C=O) groups excluding carboxylic acids is 4. The molecule has 0 saturated carbocycles. The van der Waals surface area contributed by atoms with Crippen LogP contribution in [0.15, 0.2) is 97.1 Å². The molecule has 0 aliphatic rings. The lowest BCUT2D eigenvalue weighted by molar-refractivity contribution is -0.146. The van der Waals surface area contributed by atoms with Crippen molar-refractivity contribution < 1.29 is 67.4 Å². The first-order valence-electron chi connectivity index (χ1n) is 32.3. The van der Waals surface area contributed by atoms with Gasteiger partial charge in [0.15, 0.2) is 26.4 Å². The molecule has 0 atom stereocenters. The Labute approximate surface area is 516 Å². The summed E-state index contributed by atoms with van der Waals surface area (Å²) in [5, 5.41) is 17.2. The lowest BCUT2D eigenvalue weighted by Crippen LogP contribution is -2.14. The highest BCUT2D eigenvalue weighted by Crippen LogP contribution is 2.21. The maximum atomic E-state index is 11.3. The van der Waals surface area contributed by atoms with Crippen molar-refractivity contribution in [1.82, 2.24) is 0 Å². The Morgan fingerprint density at radius 3 is 0.814 bits per heavy atom. The van der Waals surface area contributed by atoms with E-state index in [1.807, 2.05) is 66.7 Å². The standard InChI is InChI=1S/C19H28O4.C19H30O3.C17H24O4.C17H26O3/c1-3-22-19(21)15-23-18-13-9-12-17(14-18)11-8-6-4-5-7-10-16(2)20;1-3-5-6-7-8-9-10-12-17-13-11-14-18(15-17)22-16-19(20)21-4-2;1-14(18)8-5-3-2-4-6-9-15-10-7-11-16(12-15)21-13-17(19)20;1-2-3-4-5-6-7-8-10-15-11-9-12-16(13-15)20-14-17(18)19/h9,12-14H,3-8,10-11,15H2,1-2H3;11,13-15H,3-10,12,16H2,1-2H3;7,10-12H,2-6,8-9,13H2,1H3,(H,19,20);9,11-13H,2-8,10,14H2,1H3,(H,18,19). The van der Waals surface area contributed by atoms with Crippen LogP contribution in [0.1, 0.15) is 231 Å². The summed E-state index contributed by atoms with van der Waals surface area (Å²) in [5.41, 5.74) is 4.88. The van der Waals surface area contributed by atoms with Gasteiger partial charge in [0.1, 0.15) is 34.6 Å². The summed E-state index contributed by atoms with van der Waals surface area (Å²) in [6.07, 6.45) is 35.0. The molecule has 0 heterocycles. The van der Waals surface area contributed by atoms with Crippen LogP contribution in [-0.2, 0) is 63.9 Å². The average Bonchev–Trinajstić information content (AvgIpc) is 3.70. The lowest BCUT2D eigenvalue weighted by atomic mass is 10.0. The maximum absolute atomic E-state index is 11.3. The predicted octanol–water partition coefficient (Wildman–Crippen LogP) is 17.1. The Morgan fingerprint density at radius 1 is 0.326 bits per heavy atom. The number of carboxylic acid groups (broad SMARTS) is 2. The Kier molecular flexibility index (Phi) is 48.3. The SMILES string of the molecule is CC(=O)CCCCCCCc1cccc(OCC(=O)O)c1.CCCCCCCCCc1cccc(OCC(=O)O)c1.CCCCCCCCCc1cccc(OCC(=O)OCC)c1.CCOC(=O)COc1cccc(CCCCCCCC(C)=O)c1. The van der Waals surface area contributed by atoms with E-state index in [9.17, 15) is 28.8 Å². The second-order valence-electron chi connectivity index (χ2n) is 21.8. The summed E-state index contributed by atoms with van der Waals surface area (Å²) in [7, 11) is 0. The van der Waals surface area contributed by atoms with Gasteiger partial charge in [-0.2, -0.15) is 0 Å². The third-order valence-corrected chi connectivity index (χ3v) is 13.8. The van der Waals surface area contributed by atoms with E-state index in [0.29, 0.717) is 43.3 Å². The molecule has 0 saturated heterocycles. The smallest absolute Gasteiger partial charge is 0.344 e. The van der Waals surface area contributed by atoms with Gasteiger partial charge >= 0.3 is 23.9 Å². The van der Waals surface area contributed by atoms with Crippen LogP contribution in [0.25, 0.3) is 0 Å². The number of carbonyl (C=O) groups is 6. The third-order valence-electron chi connectivity index (χ3n) is 13.8. The molecule has 86 heavy (non-hydrogen) atoms. The molecule has 0 spiro atoms. The number of aryl methyl sites for hydroxylation is 4. The van der Waals surface area contributed by atoms with E-state index < -0.39 is 11.9 Å². The molecule has 0 bridgehead atoms. The van der Waals surface area contributed by atoms with Gasteiger partial charge in [0.25, 0.3) is 0 Å². The zero-order valence-corrected chi connectivity index (χ0v) is 53.5. The van der Waals surface area contributed by atoms with E-state index in [0.717, 1.165) is 82.8 Å². The summed E-state index contributed by atoms with van der Waals surface area (Å²) in [6, 6.07) is 31.2. The van der Waals surface area contributed by atoms with E-state index in [1.165, 1.54) is 125 Å². The van der Waals surface area contributed by atoms with Crippen molar-refractivity contribution >= 4 is 35.4 Å². The fraction of sp³-hybridized carbons (Fsp3) is 0.583. The monoisotopic (exact) mass is 1200 g/mol.